The Morgan fingerprint density at radius 1 is 0.938 bits per heavy atom. The molecule has 32 heavy (non-hydrogen) atoms. The van der Waals surface area contributed by atoms with Crippen LogP contribution in [0.4, 0.5) is 5.69 Å². The number of anilines is 1. The fraction of sp³-hybridized carbons (Fsp3) is 0.240. The van der Waals surface area contributed by atoms with Gasteiger partial charge in [-0.2, -0.15) is 0 Å². The number of aromatic nitrogens is 3. The van der Waals surface area contributed by atoms with E-state index in [-0.39, 0.29) is 17.9 Å². The maximum Gasteiger partial charge on any atom is 0.281 e. The van der Waals surface area contributed by atoms with Gasteiger partial charge in [0.1, 0.15) is 0 Å². The molecule has 162 valence electrons. The van der Waals surface area contributed by atoms with Crippen LogP contribution in [0.3, 0.4) is 0 Å². The van der Waals surface area contributed by atoms with Gasteiger partial charge in [0.15, 0.2) is 5.65 Å². The lowest BCUT2D eigenvalue weighted by atomic mass is 10.1. The summed E-state index contributed by atoms with van der Waals surface area (Å²) in [6.45, 7) is 4.81. The van der Waals surface area contributed by atoms with Crippen molar-refractivity contribution in [2.45, 2.75) is 13.3 Å². The third kappa shape index (κ3) is 3.77. The summed E-state index contributed by atoms with van der Waals surface area (Å²) in [5.74, 6) is 0.0384. The zero-order valence-electron chi connectivity index (χ0n) is 18.0. The number of hydrogen-bond acceptors (Lipinski definition) is 4. The van der Waals surface area contributed by atoms with Gasteiger partial charge in [0, 0.05) is 37.6 Å². The fourth-order valence-corrected chi connectivity index (χ4v) is 4.35. The van der Waals surface area contributed by atoms with Crippen LogP contribution in [-0.4, -0.2) is 51.8 Å². The normalized spacial score (nSPS) is 14.2. The number of nitrogens with one attached hydrogen (secondary N) is 1. The van der Waals surface area contributed by atoms with Gasteiger partial charge >= 0.3 is 0 Å². The summed E-state index contributed by atoms with van der Waals surface area (Å²) in [4.78, 5) is 35.0. The smallest absolute Gasteiger partial charge is 0.281 e. The summed E-state index contributed by atoms with van der Waals surface area (Å²) in [6, 6.07) is 21.5. The molecular formula is C25H25N5O2. The second-order valence-corrected chi connectivity index (χ2v) is 8.11. The molecule has 1 amide bonds. The number of nitrogens with zero attached hydrogens (tertiary/aromatic N) is 4. The first-order chi connectivity index (χ1) is 15.6. The molecule has 0 atom stereocenters. The number of carbonyl (C=O) groups is 1. The lowest BCUT2D eigenvalue weighted by Crippen LogP contribution is -2.49. The second kappa shape index (κ2) is 8.34. The monoisotopic (exact) mass is 427 g/mol. The molecule has 7 heteroatoms. The van der Waals surface area contributed by atoms with Gasteiger partial charge in [-0.1, -0.05) is 36.4 Å². The molecule has 1 aliphatic rings. The predicted octanol–water partition coefficient (Wildman–Crippen LogP) is 2.91. The molecule has 0 bridgehead atoms. The Morgan fingerprint density at radius 3 is 2.22 bits per heavy atom. The predicted molar refractivity (Wildman–Crippen MR) is 125 cm³/mol. The lowest BCUT2D eigenvalue weighted by molar-refractivity contribution is -0.130. The van der Waals surface area contributed by atoms with Crippen molar-refractivity contribution in [3.63, 3.8) is 0 Å². The summed E-state index contributed by atoms with van der Waals surface area (Å²) in [5, 5.41) is 3.58. The van der Waals surface area contributed by atoms with Gasteiger partial charge in [-0.3, -0.25) is 14.7 Å². The lowest BCUT2D eigenvalue weighted by Gasteiger charge is -2.36. The van der Waals surface area contributed by atoms with Gasteiger partial charge in [-0.05, 0) is 42.8 Å². The Morgan fingerprint density at radius 2 is 1.56 bits per heavy atom. The topological polar surface area (TPSA) is 74.2 Å². The van der Waals surface area contributed by atoms with Gasteiger partial charge in [-0.25, -0.2) is 9.67 Å². The van der Waals surface area contributed by atoms with E-state index in [9.17, 15) is 9.59 Å². The van der Waals surface area contributed by atoms with E-state index >= 15 is 0 Å². The average molecular weight is 428 g/mol. The molecule has 0 saturated carbocycles. The van der Waals surface area contributed by atoms with Crippen molar-refractivity contribution in [2.75, 3.05) is 31.1 Å². The van der Waals surface area contributed by atoms with E-state index in [2.05, 4.69) is 27.1 Å². The van der Waals surface area contributed by atoms with Gasteiger partial charge in [0.05, 0.1) is 17.5 Å². The largest absolute Gasteiger partial charge is 0.368 e. The molecule has 1 N–H and O–H groups in total. The van der Waals surface area contributed by atoms with Gasteiger partial charge in [0.25, 0.3) is 5.56 Å². The highest BCUT2D eigenvalue weighted by molar-refractivity contribution is 5.87. The number of fused-ring (bicyclic) bond motifs is 1. The maximum atomic E-state index is 13.2. The third-order valence-corrected chi connectivity index (χ3v) is 5.97. The molecular weight excluding hydrogens is 402 g/mol. The molecule has 3 heterocycles. The Bertz CT molecular complexity index is 1300. The zero-order valence-corrected chi connectivity index (χ0v) is 18.0. The Balaban J connectivity index is 1.38. The highest BCUT2D eigenvalue weighted by Gasteiger charge is 2.23. The van der Waals surface area contributed by atoms with Crippen molar-refractivity contribution in [2.24, 2.45) is 0 Å². The summed E-state index contributed by atoms with van der Waals surface area (Å²) in [6.07, 6.45) is 0.188. The Labute approximate surface area is 185 Å². The number of para-hydroxylation sites is 2. The van der Waals surface area contributed by atoms with Crippen LogP contribution >= 0.6 is 0 Å². The fourth-order valence-electron chi connectivity index (χ4n) is 4.35. The van der Waals surface area contributed by atoms with Crippen molar-refractivity contribution in [3.05, 3.63) is 88.3 Å². The summed E-state index contributed by atoms with van der Waals surface area (Å²) in [5.41, 5.74) is 3.74. The van der Waals surface area contributed by atoms with E-state index in [1.165, 1.54) is 10.4 Å². The molecule has 1 fully saturated rings. The Hall–Kier alpha value is -3.87. The highest BCUT2D eigenvalue weighted by Crippen LogP contribution is 2.19. The SMILES string of the molecule is Cc1cc(CC(=O)N2CCN(c3ccccc3)CC2)c2c(=O)n(-c3ccccc3)[nH]c2n1. The quantitative estimate of drug-likeness (QED) is 0.544. The number of carbonyl (C=O) groups excluding carboxylic acids is 1. The molecule has 0 spiro atoms. The van der Waals surface area contributed by atoms with Gasteiger partial charge < -0.3 is 9.80 Å². The van der Waals surface area contributed by atoms with Crippen molar-refractivity contribution in [3.8, 4) is 5.69 Å². The molecule has 2 aromatic carbocycles. The first-order valence-electron chi connectivity index (χ1n) is 10.8. The van der Waals surface area contributed by atoms with Crippen LogP contribution in [0, 0.1) is 6.92 Å². The van der Waals surface area contributed by atoms with Crippen LogP contribution in [0.15, 0.2) is 71.5 Å². The molecule has 4 aromatic rings. The summed E-state index contributed by atoms with van der Waals surface area (Å²) >= 11 is 0. The summed E-state index contributed by atoms with van der Waals surface area (Å²) in [7, 11) is 0. The molecule has 7 nitrogen and oxygen atoms in total. The number of aryl methyl sites for hydroxylation is 1. The number of hydrogen-bond donors (Lipinski definition) is 1. The van der Waals surface area contributed by atoms with Gasteiger partial charge in [0.2, 0.25) is 5.91 Å². The minimum atomic E-state index is -0.185. The number of pyridine rings is 1. The van der Waals surface area contributed by atoms with E-state index in [1.54, 1.807) is 0 Å². The van der Waals surface area contributed by atoms with E-state index in [0.29, 0.717) is 24.1 Å². The standard InChI is InChI=1S/C25H25N5O2/c1-18-16-19(23-24(26-18)27-30(25(23)32)21-10-6-3-7-11-21)17-22(31)29-14-12-28(13-15-29)20-8-4-2-5-9-20/h2-11,16H,12-15,17H2,1H3,(H,26,27). The number of H-pyrrole nitrogens is 1. The van der Waals surface area contributed by atoms with Crippen molar-refractivity contribution >= 4 is 22.6 Å². The third-order valence-electron chi connectivity index (χ3n) is 5.97. The van der Waals surface area contributed by atoms with Crippen molar-refractivity contribution in [1.82, 2.24) is 19.7 Å². The minimum absolute atomic E-state index is 0.0384. The van der Waals surface area contributed by atoms with Crippen LogP contribution in [0.2, 0.25) is 0 Å². The van der Waals surface area contributed by atoms with E-state index in [0.717, 1.165) is 30.0 Å². The molecule has 1 saturated heterocycles. The van der Waals surface area contributed by atoms with Crippen LogP contribution in [0.5, 0.6) is 0 Å². The maximum absolute atomic E-state index is 13.2. The number of benzene rings is 2. The molecule has 0 unspecified atom stereocenters. The molecule has 0 radical (unpaired) electrons. The second-order valence-electron chi connectivity index (χ2n) is 8.11. The first kappa shape index (κ1) is 20.1. The highest BCUT2D eigenvalue weighted by atomic mass is 16.2. The van der Waals surface area contributed by atoms with Crippen LogP contribution in [-0.2, 0) is 11.2 Å². The summed E-state index contributed by atoms with van der Waals surface area (Å²) < 4.78 is 1.49. The average Bonchev–Trinajstić information content (AvgIpc) is 3.16. The van der Waals surface area contributed by atoms with E-state index in [4.69, 9.17) is 0 Å². The van der Waals surface area contributed by atoms with Crippen LogP contribution in [0.25, 0.3) is 16.7 Å². The number of aromatic amines is 1. The van der Waals surface area contributed by atoms with Crippen molar-refractivity contribution in [1.29, 1.82) is 0 Å². The number of amides is 1. The van der Waals surface area contributed by atoms with E-state index < -0.39 is 0 Å². The Kier molecular flexibility index (Phi) is 5.23. The molecule has 1 aliphatic heterocycles. The van der Waals surface area contributed by atoms with Crippen LogP contribution in [0.1, 0.15) is 11.3 Å². The number of rotatable bonds is 4. The van der Waals surface area contributed by atoms with Crippen molar-refractivity contribution < 1.29 is 4.79 Å². The first-order valence-corrected chi connectivity index (χ1v) is 10.8. The van der Waals surface area contributed by atoms with Gasteiger partial charge in [-0.15, -0.1) is 0 Å². The molecule has 0 aliphatic carbocycles. The zero-order chi connectivity index (χ0) is 22.1. The van der Waals surface area contributed by atoms with E-state index in [1.807, 2.05) is 66.4 Å². The number of piperazine rings is 1. The molecule has 5 rings (SSSR count). The molecule has 2 aromatic heterocycles. The minimum Gasteiger partial charge on any atom is -0.368 e. The van der Waals surface area contributed by atoms with Crippen LogP contribution < -0.4 is 10.5 Å².